The van der Waals surface area contributed by atoms with Gasteiger partial charge in [0.2, 0.25) is 0 Å². The van der Waals surface area contributed by atoms with E-state index in [1.165, 1.54) is 16.0 Å². The molecule has 0 fully saturated rings. The standard InChI is InChI=1S/C26H22N6OS/c1-3-32-26(33)24(29-20-15-28-12-9-17(20)2)22(23(31-32)18-7-5-4-6-8-18)21-16-34-25(30-21)19-10-13-27-14-11-19/h4-16,29H,3H2,1-2H3. The summed E-state index contributed by atoms with van der Waals surface area (Å²) >= 11 is 1.52. The molecule has 0 spiro atoms. The van der Waals surface area contributed by atoms with Gasteiger partial charge in [-0.15, -0.1) is 11.3 Å². The van der Waals surface area contributed by atoms with E-state index in [0.29, 0.717) is 29.2 Å². The second kappa shape index (κ2) is 9.36. The van der Waals surface area contributed by atoms with Crippen LogP contribution in [0.25, 0.3) is 33.1 Å². The number of nitrogens with zero attached hydrogens (tertiary/aromatic N) is 5. The highest BCUT2D eigenvalue weighted by atomic mass is 32.1. The lowest BCUT2D eigenvalue weighted by atomic mass is 10.0. The van der Waals surface area contributed by atoms with E-state index in [4.69, 9.17) is 10.1 Å². The van der Waals surface area contributed by atoms with Gasteiger partial charge in [-0.3, -0.25) is 14.8 Å². The van der Waals surface area contributed by atoms with Crippen molar-refractivity contribution in [3.8, 4) is 33.1 Å². The molecule has 0 radical (unpaired) electrons. The van der Waals surface area contributed by atoms with Crippen molar-refractivity contribution in [1.82, 2.24) is 24.7 Å². The lowest BCUT2D eigenvalue weighted by molar-refractivity contribution is 0.621. The van der Waals surface area contributed by atoms with Crippen molar-refractivity contribution in [2.24, 2.45) is 0 Å². The highest BCUT2D eigenvalue weighted by Gasteiger charge is 2.23. The van der Waals surface area contributed by atoms with Gasteiger partial charge in [-0.1, -0.05) is 30.3 Å². The second-order valence-corrected chi connectivity index (χ2v) is 8.53. The van der Waals surface area contributed by atoms with E-state index in [1.807, 2.05) is 67.8 Å². The zero-order chi connectivity index (χ0) is 23.5. The van der Waals surface area contributed by atoms with Gasteiger partial charge in [-0.05, 0) is 37.6 Å². The first-order chi connectivity index (χ1) is 16.7. The molecule has 0 atom stereocenters. The van der Waals surface area contributed by atoms with Crippen molar-refractivity contribution < 1.29 is 0 Å². The van der Waals surface area contributed by atoms with Gasteiger partial charge in [0, 0.05) is 41.6 Å². The van der Waals surface area contributed by atoms with Crippen LogP contribution in [0, 0.1) is 6.92 Å². The van der Waals surface area contributed by atoms with Crippen molar-refractivity contribution in [3.63, 3.8) is 0 Å². The Bertz CT molecular complexity index is 1500. The molecule has 0 aliphatic rings. The van der Waals surface area contributed by atoms with Crippen molar-refractivity contribution in [2.45, 2.75) is 20.4 Å². The molecule has 5 rings (SSSR count). The van der Waals surface area contributed by atoms with Crippen LogP contribution in [0.2, 0.25) is 0 Å². The summed E-state index contributed by atoms with van der Waals surface area (Å²) in [6, 6.07) is 15.6. The minimum Gasteiger partial charge on any atom is -0.349 e. The van der Waals surface area contributed by atoms with Crippen molar-refractivity contribution in [2.75, 3.05) is 5.32 Å². The Morgan fingerprint density at radius 2 is 1.74 bits per heavy atom. The van der Waals surface area contributed by atoms with E-state index in [2.05, 4.69) is 15.3 Å². The van der Waals surface area contributed by atoms with E-state index < -0.39 is 0 Å². The minimum absolute atomic E-state index is 0.209. The third kappa shape index (κ3) is 4.11. The molecule has 1 N–H and O–H groups in total. The molecule has 0 saturated heterocycles. The normalized spacial score (nSPS) is 10.9. The molecular formula is C26H22N6OS. The van der Waals surface area contributed by atoms with Gasteiger partial charge in [0.15, 0.2) is 0 Å². The van der Waals surface area contributed by atoms with Gasteiger partial charge in [-0.2, -0.15) is 5.10 Å². The fourth-order valence-corrected chi connectivity index (χ4v) is 4.51. The molecule has 5 aromatic rings. The quantitative estimate of drug-likeness (QED) is 0.352. The van der Waals surface area contributed by atoms with E-state index in [1.54, 1.807) is 24.8 Å². The maximum Gasteiger partial charge on any atom is 0.291 e. The first kappa shape index (κ1) is 21.7. The number of anilines is 2. The smallest absolute Gasteiger partial charge is 0.291 e. The van der Waals surface area contributed by atoms with Crippen molar-refractivity contribution in [1.29, 1.82) is 0 Å². The van der Waals surface area contributed by atoms with Crippen molar-refractivity contribution in [3.05, 3.63) is 94.6 Å². The summed E-state index contributed by atoms with van der Waals surface area (Å²) in [5.74, 6) is 0. The van der Waals surface area contributed by atoms with Crippen LogP contribution in [0.15, 0.2) is 83.5 Å². The van der Waals surface area contributed by atoms with Gasteiger partial charge < -0.3 is 5.32 Å². The van der Waals surface area contributed by atoms with Gasteiger partial charge in [-0.25, -0.2) is 9.67 Å². The summed E-state index contributed by atoms with van der Waals surface area (Å²) in [5, 5.41) is 10.9. The Balaban J connectivity index is 1.77. The van der Waals surface area contributed by atoms with Gasteiger partial charge >= 0.3 is 0 Å². The number of benzene rings is 1. The Hall–Kier alpha value is -4.17. The maximum atomic E-state index is 13.6. The molecular weight excluding hydrogens is 444 g/mol. The van der Waals surface area contributed by atoms with Crippen LogP contribution in [0.3, 0.4) is 0 Å². The number of thiazole rings is 1. The second-order valence-electron chi connectivity index (χ2n) is 7.67. The average Bonchev–Trinajstić information content (AvgIpc) is 3.37. The third-order valence-corrected chi connectivity index (χ3v) is 6.38. The molecule has 0 bridgehead atoms. The van der Waals surface area contributed by atoms with E-state index in [9.17, 15) is 4.79 Å². The first-order valence-corrected chi connectivity index (χ1v) is 11.8. The third-order valence-electron chi connectivity index (χ3n) is 5.49. The van der Waals surface area contributed by atoms with E-state index in [-0.39, 0.29) is 5.56 Å². The first-order valence-electron chi connectivity index (χ1n) is 10.9. The monoisotopic (exact) mass is 466 g/mol. The molecule has 4 aromatic heterocycles. The minimum atomic E-state index is -0.209. The molecule has 1 aromatic carbocycles. The van der Waals surface area contributed by atoms with E-state index >= 15 is 0 Å². The predicted octanol–water partition coefficient (Wildman–Crippen LogP) is 5.56. The maximum absolute atomic E-state index is 13.6. The van der Waals surface area contributed by atoms with Gasteiger partial charge in [0.25, 0.3) is 5.56 Å². The summed E-state index contributed by atoms with van der Waals surface area (Å²) in [5.41, 5.74) is 5.89. The molecule has 34 heavy (non-hydrogen) atoms. The summed E-state index contributed by atoms with van der Waals surface area (Å²) < 4.78 is 1.48. The van der Waals surface area contributed by atoms with Crippen molar-refractivity contribution >= 4 is 22.7 Å². The van der Waals surface area contributed by atoms with Crippen LogP contribution in [-0.4, -0.2) is 24.7 Å². The molecule has 0 aliphatic heterocycles. The van der Waals surface area contributed by atoms with Gasteiger partial charge in [0.1, 0.15) is 16.4 Å². The summed E-state index contributed by atoms with van der Waals surface area (Å²) in [6.07, 6.45) is 6.94. The summed E-state index contributed by atoms with van der Waals surface area (Å²) in [7, 11) is 0. The van der Waals surface area contributed by atoms with E-state index in [0.717, 1.165) is 27.4 Å². The Morgan fingerprint density at radius 3 is 2.47 bits per heavy atom. The number of pyridine rings is 2. The molecule has 0 saturated carbocycles. The number of hydrogen-bond acceptors (Lipinski definition) is 7. The van der Waals surface area contributed by atoms with Crippen LogP contribution in [0.5, 0.6) is 0 Å². The Morgan fingerprint density at radius 1 is 0.971 bits per heavy atom. The summed E-state index contributed by atoms with van der Waals surface area (Å²) in [4.78, 5) is 26.8. The van der Waals surface area contributed by atoms with Crippen LogP contribution >= 0.6 is 11.3 Å². The topological polar surface area (TPSA) is 85.6 Å². The number of nitrogens with one attached hydrogen (secondary N) is 1. The fraction of sp³-hybridized carbons (Fsp3) is 0.115. The molecule has 168 valence electrons. The molecule has 0 unspecified atom stereocenters. The zero-order valence-electron chi connectivity index (χ0n) is 18.8. The predicted molar refractivity (Wildman–Crippen MR) is 136 cm³/mol. The number of aryl methyl sites for hydroxylation is 2. The molecule has 0 amide bonds. The lowest BCUT2D eigenvalue weighted by Gasteiger charge is -2.17. The molecule has 0 aliphatic carbocycles. The molecule has 4 heterocycles. The largest absolute Gasteiger partial charge is 0.349 e. The Kier molecular flexibility index (Phi) is 5.97. The fourth-order valence-electron chi connectivity index (χ4n) is 3.69. The number of rotatable bonds is 6. The average molecular weight is 467 g/mol. The number of hydrogen-bond donors (Lipinski definition) is 1. The highest BCUT2D eigenvalue weighted by Crippen LogP contribution is 2.38. The lowest BCUT2D eigenvalue weighted by Crippen LogP contribution is -2.26. The SMILES string of the molecule is CCn1nc(-c2ccccc2)c(-c2csc(-c3ccncc3)n2)c(Nc2cnccc2C)c1=O. The number of aromatic nitrogens is 5. The van der Waals surface area contributed by atoms with Crippen LogP contribution < -0.4 is 10.9 Å². The Labute approximate surface area is 200 Å². The molecule has 7 nitrogen and oxygen atoms in total. The van der Waals surface area contributed by atoms with Crippen LogP contribution in [-0.2, 0) is 6.54 Å². The van der Waals surface area contributed by atoms with Crippen LogP contribution in [0.1, 0.15) is 12.5 Å². The highest BCUT2D eigenvalue weighted by molar-refractivity contribution is 7.13. The van der Waals surface area contributed by atoms with Gasteiger partial charge in [0.05, 0.1) is 23.1 Å². The zero-order valence-corrected chi connectivity index (χ0v) is 19.6. The molecule has 8 heteroatoms. The van der Waals surface area contributed by atoms with Crippen LogP contribution in [0.4, 0.5) is 11.4 Å². The summed E-state index contributed by atoms with van der Waals surface area (Å²) in [6.45, 7) is 4.33.